The molecule has 78 valence electrons. The minimum atomic E-state index is -0.515. The predicted octanol–water partition coefficient (Wildman–Crippen LogP) is 0.670. The van der Waals surface area contributed by atoms with Gasteiger partial charge in [0.05, 0.1) is 0 Å². The fraction of sp³-hybridized carbons (Fsp3) is 0.500. The highest BCUT2D eigenvalue weighted by Crippen LogP contribution is 2.27. The van der Waals surface area contributed by atoms with Crippen LogP contribution >= 0.6 is 11.3 Å². The molecule has 1 heterocycles. The Bertz CT molecular complexity index is 332. The average Bonchev–Trinajstić information content (AvgIpc) is 2.50. The number of aromatic nitrogens is 1. The Balaban J connectivity index is 3.01. The second kappa shape index (κ2) is 4.28. The summed E-state index contributed by atoms with van der Waals surface area (Å²) in [4.78, 5) is 17.4. The number of nitrogens with two attached hydrogens (primary N) is 2. The van der Waals surface area contributed by atoms with Crippen LogP contribution in [0, 0.1) is 0 Å². The van der Waals surface area contributed by atoms with Crippen LogP contribution in [0.4, 0.5) is 10.9 Å². The molecule has 14 heavy (non-hydrogen) atoms. The van der Waals surface area contributed by atoms with Gasteiger partial charge in [0.15, 0.2) is 5.13 Å². The quantitative estimate of drug-likeness (QED) is 0.771. The first-order valence-corrected chi connectivity index (χ1v) is 5.22. The molecule has 0 atom stereocenters. The van der Waals surface area contributed by atoms with E-state index in [0.717, 1.165) is 18.2 Å². The molecule has 0 radical (unpaired) electrons. The summed E-state index contributed by atoms with van der Waals surface area (Å²) in [5.74, 6) is -0.289. The number of carbonyl (C=O) groups is 1. The first kappa shape index (κ1) is 10.8. The number of hydrogen-bond acceptors (Lipinski definition) is 5. The SMILES string of the molecule is CCN(CC)c1nc(N)c(C(N)=O)s1. The minimum absolute atomic E-state index is 0.226. The van der Waals surface area contributed by atoms with Crippen LogP contribution in [0.15, 0.2) is 0 Å². The lowest BCUT2D eigenvalue weighted by molar-refractivity contribution is 0.100. The fourth-order valence-corrected chi connectivity index (χ4v) is 2.09. The zero-order valence-electron chi connectivity index (χ0n) is 8.28. The summed E-state index contributed by atoms with van der Waals surface area (Å²) in [6.07, 6.45) is 0. The molecule has 0 saturated heterocycles. The first-order chi connectivity index (χ1) is 6.60. The Morgan fingerprint density at radius 2 is 2.07 bits per heavy atom. The maximum atomic E-state index is 10.9. The molecular weight excluding hydrogens is 200 g/mol. The largest absolute Gasteiger partial charge is 0.382 e. The van der Waals surface area contributed by atoms with E-state index in [1.165, 1.54) is 11.3 Å². The van der Waals surface area contributed by atoms with Crippen molar-refractivity contribution < 1.29 is 4.79 Å². The molecule has 0 spiro atoms. The van der Waals surface area contributed by atoms with Crippen molar-refractivity contribution in [1.82, 2.24) is 4.98 Å². The van der Waals surface area contributed by atoms with Gasteiger partial charge in [-0.05, 0) is 13.8 Å². The number of hydrogen-bond donors (Lipinski definition) is 2. The van der Waals surface area contributed by atoms with Gasteiger partial charge in [0.25, 0.3) is 5.91 Å². The van der Waals surface area contributed by atoms with E-state index >= 15 is 0 Å². The second-order valence-corrected chi connectivity index (χ2v) is 3.72. The molecule has 1 aromatic heterocycles. The highest BCUT2D eigenvalue weighted by molar-refractivity contribution is 7.18. The lowest BCUT2D eigenvalue weighted by atomic mass is 10.5. The van der Waals surface area contributed by atoms with E-state index in [9.17, 15) is 4.79 Å². The lowest BCUT2D eigenvalue weighted by Crippen LogP contribution is -2.21. The van der Waals surface area contributed by atoms with E-state index in [4.69, 9.17) is 11.5 Å². The van der Waals surface area contributed by atoms with Crippen molar-refractivity contribution in [1.29, 1.82) is 0 Å². The molecule has 0 saturated carbocycles. The van der Waals surface area contributed by atoms with Crippen molar-refractivity contribution in [2.45, 2.75) is 13.8 Å². The maximum absolute atomic E-state index is 10.9. The fourth-order valence-electron chi connectivity index (χ4n) is 1.13. The topological polar surface area (TPSA) is 85.2 Å². The van der Waals surface area contributed by atoms with Crippen LogP contribution in [-0.4, -0.2) is 24.0 Å². The summed E-state index contributed by atoms with van der Waals surface area (Å²) < 4.78 is 0. The standard InChI is InChI=1S/C8H14N4OS/c1-3-12(4-2)8-11-6(9)5(14-8)7(10)13/h3-4,9H2,1-2H3,(H2,10,13). The molecular formula is C8H14N4OS. The summed E-state index contributed by atoms with van der Waals surface area (Å²) in [7, 11) is 0. The third-order valence-electron chi connectivity index (χ3n) is 1.90. The van der Waals surface area contributed by atoms with Gasteiger partial charge >= 0.3 is 0 Å². The number of nitrogen functional groups attached to an aromatic ring is 1. The van der Waals surface area contributed by atoms with Crippen LogP contribution in [-0.2, 0) is 0 Å². The van der Waals surface area contributed by atoms with Crippen molar-refractivity contribution in [3.05, 3.63) is 4.88 Å². The van der Waals surface area contributed by atoms with E-state index in [-0.39, 0.29) is 5.82 Å². The number of thiazole rings is 1. The maximum Gasteiger partial charge on any atom is 0.262 e. The molecule has 0 aliphatic heterocycles. The van der Waals surface area contributed by atoms with Crippen molar-refractivity contribution in [2.75, 3.05) is 23.7 Å². The molecule has 0 bridgehead atoms. The number of amides is 1. The molecule has 1 amide bonds. The van der Waals surface area contributed by atoms with E-state index in [0.29, 0.717) is 4.88 Å². The summed E-state index contributed by atoms with van der Waals surface area (Å²) in [5, 5.41) is 0.751. The molecule has 0 aliphatic rings. The van der Waals surface area contributed by atoms with E-state index in [2.05, 4.69) is 4.98 Å². The van der Waals surface area contributed by atoms with Gasteiger partial charge in [0, 0.05) is 13.1 Å². The molecule has 5 nitrogen and oxygen atoms in total. The van der Waals surface area contributed by atoms with E-state index in [1.54, 1.807) is 0 Å². The van der Waals surface area contributed by atoms with Crippen LogP contribution in [0.25, 0.3) is 0 Å². The predicted molar refractivity (Wildman–Crippen MR) is 58.6 cm³/mol. The molecule has 4 N–H and O–H groups in total. The average molecular weight is 214 g/mol. The van der Waals surface area contributed by atoms with Gasteiger partial charge in [-0.1, -0.05) is 11.3 Å². The number of nitrogens with zero attached hydrogens (tertiary/aromatic N) is 2. The smallest absolute Gasteiger partial charge is 0.262 e. The van der Waals surface area contributed by atoms with Gasteiger partial charge in [0.2, 0.25) is 0 Å². The summed E-state index contributed by atoms with van der Waals surface area (Å²) in [5.41, 5.74) is 10.7. The monoisotopic (exact) mass is 214 g/mol. The van der Waals surface area contributed by atoms with Crippen molar-refractivity contribution >= 4 is 28.2 Å². The third kappa shape index (κ3) is 1.95. The van der Waals surface area contributed by atoms with Crippen LogP contribution in [0.3, 0.4) is 0 Å². The number of anilines is 2. The van der Waals surface area contributed by atoms with Crippen LogP contribution < -0.4 is 16.4 Å². The van der Waals surface area contributed by atoms with Crippen molar-refractivity contribution in [2.24, 2.45) is 5.73 Å². The molecule has 0 unspecified atom stereocenters. The van der Waals surface area contributed by atoms with Gasteiger partial charge in [-0.2, -0.15) is 0 Å². The second-order valence-electron chi connectivity index (χ2n) is 2.75. The van der Waals surface area contributed by atoms with Crippen LogP contribution in [0.5, 0.6) is 0 Å². The molecule has 6 heteroatoms. The normalized spacial score (nSPS) is 10.1. The Labute approximate surface area is 86.7 Å². The lowest BCUT2D eigenvalue weighted by Gasteiger charge is -2.16. The number of rotatable bonds is 4. The molecule has 0 aromatic carbocycles. The van der Waals surface area contributed by atoms with Crippen LogP contribution in [0.1, 0.15) is 23.5 Å². The van der Waals surface area contributed by atoms with Crippen molar-refractivity contribution in [3.8, 4) is 0 Å². The van der Waals surface area contributed by atoms with Crippen molar-refractivity contribution in [3.63, 3.8) is 0 Å². The Kier molecular flexibility index (Phi) is 3.29. The van der Waals surface area contributed by atoms with Gasteiger partial charge < -0.3 is 16.4 Å². The summed E-state index contributed by atoms with van der Waals surface area (Å²) >= 11 is 1.24. The summed E-state index contributed by atoms with van der Waals surface area (Å²) in [6, 6.07) is 0. The first-order valence-electron chi connectivity index (χ1n) is 4.41. The number of carbonyl (C=O) groups excluding carboxylic acids is 1. The van der Waals surface area contributed by atoms with Crippen LogP contribution in [0.2, 0.25) is 0 Å². The van der Waals surface area contributed by atoms with Gasteiger partial charge in [0.1, 0.15) is 10.7 Å². The Hall–Kier alpha value is -1.30. The molecule has 0 aliphatic carbocycles. The Morgan fingerprint density at radius 3 is 2.43 bits per heavy atom. The van der Waals surface area contributed by atoms with Gasteiger partial charge in [-0.3, -0.25) is 4.79 Å². The summed E-state index contributed by atoms with van der Waals surface area (Å²) in [6.45, 7) is 5.71. The third-order valence-corrected chi connectivity index (χ3v) is 3.05. The minimum Gasteiger partial charge on any atom is -0.382 e. The number of primary amides is 1. The highest BCUT2D eigenvalue weighted by atomic mass is 32.1. The Morgan fingerprint density at radius 1 is 1.50 bits per heavy atom. The van der Waals surface area contributed by atoms with Gasteiger partial charge in [-0.25, -0.2) is 4.98 Å². The molecule has 1 aromatic rings. The molecule has 1 rings (SSSR count). The molecule has 0 fully saturated rings. The zero-order valence-corrected chi connectivity index (χ0v) is 9.10. The zero-order chi connectivity index (χ0) is 10.7. The van der Waals surface area contributed by atoms with E-state index in [1.807, 2.05) is 18.7 Å². The van der Waals surface area contributed by atoms with E-state index < -0.39 is 5.91 Å². The highest BCUT2D eigenvalue weighted by Gasteiger charge is 2.15. The van der Waals surface area contributed by atoms with Gasteiger partial charge in [-0.15, -0.1) is 0 Å².